The zero-order chi connectivity index (χ0) is 42.1. The Labute approximate surface area is 368 Å². The summed E-state index contributed by atoms with van der Waals surface area (Å²) >= 11 is 0. The molecule has 3 heterocycles. The molecular formula is C59H36N4O. The minimum absolute atomic E-state index is 0.548. The first-order chi connectivity index (χ1) is 31.7. The third-order valence-corrected chi connectivity index (χ3v) is 12.6. The van der Waals surface area contributed by atoms with Crippen molar-refractivity contribution in [2.45, 2.75) is 0 Å². The number of para-hydroxylation sites is 2. The van der Waals surface area contributed by atoms with Crippen molar-refractivity contribution in [3.05, 3.63) is 218 Å². The summed E-state index contributed by atoms with van der Waals surface area (Å²) in [5.41, 5.74) is 11.9. The molecule has 0 unspecified atom stereocenters. The van der Waals surface area contributed by atoms with Crippen LogP contribution in [0.4, 0.5) is 0 Å². The molecule has 0 spiro atoms. The molecule has 0 saturated heterocycles. The Morgan fingerprint density at radius 1 is 0.312 bits per heavy atom. The first kappa shape index (κ1) is 36.0. The molecule has 0 atom stereocenters. The van der Waals surface area contributed by atoms with E-state index in [9.17, 15) is 0 Å². The summed E-state index contributed by atoms with van der Waals surface area (Å²) < 4.78 is 8.98. The van der Waals surface area contributed by atoms with Gasteiger partial charge in [-0.25, -0.2) is 15.0 Å². The van der Waals surface area contributed by atoms with Gasteiger partial charge in [-0.3, -0.25) is 0 Å². The highest BCUT2D eigenvalue weighted by Gasteiger charge is 2.22. The van der Waals surface area contributed by atoms with Crippen LogP contribution in [0, 0.1) is 0 Å². The number of nitrogens with zero attached hydrogens (tertiary/aromatic N) is 4. The Morgan fingerprint density at radius 3 is 1.55 bits per heavy atom. The Morgan fingerprint density at radius 2 is 0.844 bits per heavy atom. The molecule has 0 aliphatic heterocycles. The van der Waals surface area contributed by atoms with E-state index in [0.717, 1.165) is 77.6 Å². The summed E-state index contributed by atoms with van der Waals surface area (Å²) in [7, 11) is 0. The zero-order valence-electron chi connectivity index (χ0n) is 34.5. The summed E-state index contributed by atoms with van der Waals surface area (Å²) in [6, 6.07) is 77.2. The molecule has 298 valence electrons. The zero-order valence-corrected chi connectivity index (χ0v) is 34.5. The van der Waals surface area contributed by atoms with Crippen LogP contribution < -0.4 is 0 Å². The summed E-state index contributed by atoms with van der Waals surface area (Å²) in [4.78, 5) is 15.6. The lowest BCUT2D eigenvalue weighted by Crippen LogP contribution is -2.02. The normalized spacial score (nSPS) is 11.8. The van der Waals surface area contributed by atoms with Crippen molar-refractivity contribution in [2.75, 3.05) is 0 Å². The number of aromatic nitrogens is 4. The molecule has 0 amide bonds. The maximum Gasteiger partial charge on any atom is 0.167 e. The van der Waals surface area contributed by atoms with E-state index in [4.69, 9.17) is 19.4 Å². The van der Waals surface area contributed by atoms with E-state index >= 15 is 0 Å². The van der Waals surface area contributed by atoms with Crippen molar-refractivity contribution < 1.29 is 4.42 Å². The molecule has 3 aromatic heterocycles. The molecule has 0 bridgehead atoms. The number of benzene rings is 10. The quantitative estimate of drug-likeness (QED) is 0.168. The van der Waals surface area contributed by atoms with Gasteiger partial charge >= 0.3 is 0 Å². The molecule has 0 aliphatic rings. The third kappa shape index (κ3) is 5.90. The molecule has 0 aliphatic carbocycles. The SMILES string of the molecule is c1ccc(-c2cccc(-c3cc(-c4nc(-c5ccccc5)nc(-c5cccc6c5oc5ccccc56)n4)ccc3-n3c4cc5ccccc5cc4c4cc5ccccc5cc43)c2)cc1. The van der Waals surface area contributed by atoms with Crippen molar-refractivity contribution >= 4 is 65.3 Å². The highest BCUT2D eigenvalue weighted by molar-refractivity contribution is 6.17. The fraction of sp³-hybridized carbons (Fsp3) is 0. The van der Waals surface area contributed by atoms with Gasteiger partial charge in [0.1, 0.15) is 11.2 Å². The highest BCUT2D eigenvalue weighted by Crippen LogP contribution is 2.42. The first-order valence-corrected chi connectivity index (χ1v) is 21.6. The molecule has 13 aromatic rings. The molecular weight excluding hydrogens is 781 g/mol. The fourth-order valence-electron chi connectivity index (χ4n) is 9.51. The van der Waals surface area contributed by atoms with Crippen molar-refractivity contribution in [1.82, 2.24) is 19.5 Å². The van der Waals surface area contributed by atoms with E-state index < -0.39 is 0 Å². The van der Waals surface area contributed by atoms with Gasteiger partial charge in [0.05, 0.1) is 22.3 Å². The maximum atomic E-state index is 6.53. The number of rotatable bonds is 6. The third-order valence-electron chi connectivity index (χ3n) is 12.6. The molecule has 0 fully saturated rings. The lowest BCUT2D eigenvalue weighted by Gasteiger charge is -2.17. The smallest absolute Gasteiger partial charge is 0.167 e. The van der Waals surface area contributed by atoms with Crippen molar-refractivity contribution in [3.63, 3.8) is 0 Å². The van der Waals surface area contributed by atoms with Crippen LogP contribution in [0.25, 0.3) is 127 Å². The van der Waals surface area contributed by atoms with E-state index in [1.165, 1.54) is 32.3 Å². The van der Waals surface area contributed by atoms with Gasteiger partial charge in [-0.15, -0.1) is 0 Å². The molecule has 64 heavy (non-hydrogen) atoms. The van der Waals surface area contributed by atoms with Crippen LogP contribution in [0.5, 0.6) is 0 Å². The lowest BCUT2D eigenvalue weighted by molar-refractivity contribution is 0.669. The van der Waals surface area contributed by atoms with E-state index in [0.29, 0.717) is 17.5 Å². The Bertz CT molecular complexity index is 3870. The van der Waals surface area contributed by atoms with Crippen LogP contribution in [-0.2, 0) is 0 Å². The number of furan rings is 1. The Balaban J connectivity index is 1.09. The van der Waals surface area contributed by atoms with Gasteiger partial charge in [0.15, 0.2) is 17.5 Å². The summed E-state index contributed by atoms with van der Waals surface area (Å²) in [5, 5.41) is 9.31. The van der Waals surface area contributed by atoms with E-state index in [1.807, 2.05) is 54.6 Å². The number of hydrogen-bond acceptors (Lipinski definition) is 4. The predicted molar refractivity (Wildman–Crippen MR) is 264 cm³/mol. The monoisotopic (exact) mass is 816 g/mol. The summed E-state index contributed by atoms with van der Waals surface area (Å²) in [5.74, 6) is 1.71. The fourth-order valence-corrected chi connectivity index (χ4v) is 9.51. The van der Waals surface area contributed by atoms with Crippen molar-refractivity contribution in [1.29, 1.82) is 0 Å². The standard InChI is InChI=1S/C59H36N4O/c1-3-15-37(16-4-1)39-23-13-24-44(31-39)49-34-45(29-30-52(49)63-53-35-42-21-9-7-19-40(42)32-50(53)51-33-41-20-8-10-22-43(41)36-54(51)63)58-60-57(38-17-5-2-6-18-38)61-59(62-58)48-27-14-26-47-46-25-11-12-28-55(46)64-56(47)48/h1-36H. The topological polar surface area (TPSA) is 56.7 Å². The highest BCUT2D eigenvalue weighted by atomic mass is 16.3. The second-order valence-electron chi connectivity index (χ2n) is 16.4. The molecule has 0 N–H and O–H groups in total. The first-order valence-electron chi connectivity index (χ1n) is 21.6. The predicted octanol–water partition coefficient (Wildman–Crippen LogP) is 15.5. The minimum atomic E-state index is 0.548. The molecule has 13 rings (SSSR count). The van der Waals surface area contributed by atoms with Gasteiger partial charge in [0.25, 0.3) is 0 Å². The minimum Gasteiger partial charge on any atom is -0.455 e. The molecule has 10 aromatic carbocycles. The van der Waals surface area contributed by atoms with Crippen LogP contribution in [0.2, 0.25) is 0 Å². The van der Waals surface area contributed by atoms with Crippen LogP contribution >= 0.6 is 0 Å². The lowest BCUT2D eigenvalue weighted by atomic mass is 9.96. The Kier molecular flexibility index (Phi) is 8.15. The molecule has 5 heteroatoms. The number of fused-ring (bicyclic) bond motifs is 8. The van der Waals surface area contributed by atoms with Gasteiger partial charge in [-0.1, -0.05) is 158 Å². The van der Waals surface area contributed by atoms with Crippen LogP contribution in [-0.4, -0.2) is 19.5 Å². The van der Waals surface area contributed by atoms with Gasteiger partial charge in [-0.2, -0.15) is 0 Å². The van der Waals surface area contributed by atoms with Crippen LogP contribution in [0.3, 0.4) is 0 Å². The summed E-state index contributed by atoms with van der Waals surface area (Å²) in [6.07, 6.45) is 0. The van der Waals surface area contributed by atoms with Crippen LogP contribution in [0.1, 0.15) is 0 Å². The van der Waals surface area contributed by atoms with E-state index in [2.05, 4.69) is 168 Å². The van der Waals surface area contributed by atoms with Gasteiger partial charge in [0, 0.05) is 38.2 Å². The molecule has 0 saturated carbocycles. The van der Waals surface area contributed by atoms with Gasteiger partial charge in [0.2, 0.25) is 0 Å². The molecule has 5 nitrogen and oxygen atoms in total. The van der Waals surface area contributed by atoms with E-state index in [-0.39, 0.29) is 0 Å². The largest absolute Gasteiger partial charge is 0.455 e. The van der Waals surface area contributed by atoms with E-state index in [1.54, 1.807) is 0 Å². The van der Waals surface area contributed by atoms with Gasteiger partial charge < -0.3 is 8.98 Å². The molecule has 0 radical (unpaired) electrons. The average molecular weight is 817 g/mol. The maximum absolute atomic E-state index is 6.53. The van der Waals surface area contributed by atoms with Crippen LogP contribution in [0.15, 0.2) is 223 Å². The number of hydrogen-bond donors (Lipinski definition) is 0. The van der Waals surface area contributed by atoms with Crippen molar-refractivity contribution in [3.8, 4) is 62.1 Å². The Hall–Kier alpha value is -8.67. The van der Waals surface area contributed by atoms with Gasteiger partial charge in [-0.05, 0) is 98.9 Å². The average Bonchev–Trinajstić information content (AvgIpc) is 3.90. The summed E-state index contributed by atoms with van der Waals surface area (Å²) in [6.45, 7) is 0. The van der Waals surface area contributed by atoms with Crippen molar-refractivity contribution in [2.24, 2.45) is 0 Å². The second kappa shape index (κ2) is 14.5. The second-order valence-corrected chi connectivity index (χ2v) is 16.4.